The molecule has 98 valence electrons. The number of halogens is 1. The third-order valence-electron chi connectivity index (χ3n) is 2.85. The van der Waals surface area contributed by atoms with E-state index in [1.807, 2.05) is 0 Å². The van der Waals surface area contributed by atoms with E-state index in [0.29, 0.717) is 22.9 Å². The highest BCUT2D eigenvalue weighted by molar-refractivity contribution is 6.33. The monoisotopic (exact) mass is 269 g/mol. The van der Waals surface area contributed by atoms with E-state index in [2.05, 4.69) is 15.6 Å². The molecule has 1 fully saturated rings. The first-order valence-corrected chi connectivity index (χ1v) is 6.31. The lowest BCUT2D eigenvalue weighted by Gasteiger charge is -2.11. The largest absolute Gasteiger partial charge is 0.376 e. The van der Waals surface area contributed by atoms with Gasteiger partial charge in [-0.05, 0) is 18.9 Å². The molecule has 0 bridgehead atoms. The van der Waals surface area contributed by atoms with Crippen LogP contribution < -0.4 is 10.6 Å². The Bertz CT molecular complexity index is 433. The summed E-state index contributed by atoms with van der Waals surface area (Å²) >= 11 is 5.97. The van der Waals surface area contributed by atoms with Gasteiger partial charge in [0.25, 0.3) is 5.91 Å². The molecule has 2 heterocycles. The molecule has 1 aliphatic rings. The number of pyridine rings is 1. The molecule has 1 unspecified atom stereocenters. The lowest BCUT2D eigenvalue weighted by atomic mass is 10.2. The van der Waals surface area contributed by atoms with Crippen molar-refractivity contribution < 1.29 is 9.53 Å². The van der Waals surface area contributed by atoms with Gasteiger partial charge in [0.15, 0.2) is 0 Å². The molecule has 2 N–H and O–H groups in total. The number of ether oxygens (including phenoxy) is 1. The van der Waals surface area contributed by atoms with Crippen molar-refractivity contribution in [3.63, 3.8) is 0 Å². The molecule has 0 spiro atoms. The fourth-order valence-corrected chi connectivity index (χ4v) is 2.12. The highest BCUT2D eigenvalue weighted by Crippen LogP contribution is 2.19. The maximum Gasteiger partial charge on any atom is 0.252 e. The second kappa shape index (κ2) is 6.02. The molecule has 6 heteroatoms. The van der Waals surface area contributed by atoms with E-state index in [1.54, 1.807) is 13.1 Å². The number of nitrogens with zero attached hydrogens (tertiary/aromatic N) is 1. The van der Waals surface area contributed by atoms with E-state index in [9.17, 15) is 4.79 Å². The normalized spacial score (nSPS) is 18.7. The molecule has 1 atom stereocenters. The van der Waals surface area contributed by atoms with Gasteiger partial charge in [0, 0.05) is 26.4 Å². The Kier molecular flexibility index (Phi) is 4.38. The zero-order valence-corrected chi connectivity index (χ0v) is 11.0. The van der Waals surface area contributed by atoms with Crippen molar-refractivity contribution in [1.82, 2.24) is 10.3 Å². The van der Waals surface area contributed by atoms with Crippen molar-refractivity contribution in [2.24, 2.45) is 0 Å². The fraction of sp³-hybridized carbons (Fsp3) is 0.500. The van der Waals surface area contributed by atoms with Crippen LogP contribution in [-0.4, -0.2) is 37.2 Å². The van der Waals surface area contributed by atoms with Crippen LogP contribution in [0.15, 0.2) is 12.3 Å². The quantitative estimate of drug-likeness (QED) is 0.873. The molecule has 18 heavy (non-hydrogen) atoms. The van der Waals surface area contributed by atoms with Crippen LogP contribution in [-0.2, 0) is 4.74 Å². The number of carbonyl (C=O) groups excluding carboxylic acids is 1. The molecule has 1 aromatic heterocycles. The van der Waals surface area contributed by atoms with E-state index in [-0.39, 0.29) is 12.0 Å². The van der Waals surface area contributed by atoms with E-state index in [1.165, 1.54) is 6.20 Å². The van der Waals surface area contributed by atoms with Gasteiger partial charge in [-0.15, -0.1) is 0 Å². The third kappa shape index (κ3) is 3.11. The summed E-state index contributed by atoms with van der Waals surface area (Å²) in [5, 5.41) is 6.10. The van der Waals surface area contributed by atoms with E-state index < -0.39 is 0 Å². The first-order chi connectivity index (χ1) is 8.70. The van der Waals surface area contributed by atoms with Gasteiger partial charge in [-0.25, -0.2) is 4.98 Å². The van der Waals surface area contributed by atoms with Crippen molar-refractivity contribution in [2.75, 3.05) is 25.5 Å². The zero-order chi connectivity index (χ0) is 13.0. The lowest BCUT2D eigenvalue weighted by molar-refractivity contribution is 0.0857. The summed E-state index contributed by atoms with van der Waals surface area (Å²) in [6, 6.07) is 1.60. The molecule has 0 aliphatic carbocycles. The summed E-state index contributed by atoms with van der Waals surface area (Å²) in [6.45, 7) is 1.31. The van der Waals surface area contributed by atoms with Crippen molar-refractivity contribution in [3.05, 3.63) is 22.8 Å². The minimum Gasteiger partial charge on any atom is -0.376 e. The Morgan fingerprint density at radius 3 is 3.11 bits per heavy atom. The van der Waals surface area contributed by atoms with Crippen molar-refractivity contribution in [2.45, 2.75) is 18.9 Å². The fourth-order valence-electron chi connectivity index (χ4n) is 1.86. The second-order valence-electron chi connectivity index (χ2n) is 4.15. The summed E-state index contributed by atoms with van der Waals surface area (Å²) in [5.41, 5.74) is 0.456. The van der Waals surface area contributed by atoms with Crippen molar-refractivity contribution in [3.8, 4) is 0 Å². The van der Waals surface area contributed by atoms with Crippen LogP contribution in [0.1, 0.15) is 23.2 Å². The van der Waals surface area contributed by atoms with Crippen LogP contribution in [0.5, 0.6) is 0 Å². The molecule has 2 rings (SSSR count). The summed E-state index contributed by atoms with van der Waals surface area (Å²) in [6.07, 6.45) is 3.69. The Labute approximate surface area is 111 Å². The highest BCUT2D eigenvalue weighted by Gasteiger charge is 2.17. The van der Waals surface area contributed by atoms with Gasteiger partial charge >= 0.3 is 0 Å². The van der Waals surface area contributed by atoms with Crippen molar-refractivity contribution in [1.29, 1.82) is 0 Å². The number of carbonyl (C=O) groups is 1. The first kappa shape index (κ1) is 13.1. The van der Waals surface area contributed by atoms with Crippen LogP contribution in [0.3, 0.4) is 0 Å². The average molecular weight is 270 g/mol. The molecule has 1 amide bonds. The Hall–Kier alpha value is -1.33. The third-order valence-corrected chi connectivity index (χ3v) is 3.14. The number of hydrogen-bond donors (Lipinski definition) is 2. The Balaban J connectivity index is 1.93. The number of anilines is 1. The molecule has 1 aromatic rings. The predicted molar refractivity (Wildman–Crippen MR) is 70.1 cm³/mol. The maximum absolute atomic E-state index is 11.9. The predicted octanol–water partition coefficient (Wildman–Crippen LogP) is 1.69. The molecular formula is C12H16ClN3O2. The minimum atomic E-state index is -0.178. The van der Waals surface area contributed by atoms with Crippen LogP contribution in [0.4, 0.5) is 5.82 Å². The van der Waals surface area contributed by atoms with Gasteiger partial charge in [0.05, 0.1) is 16.7 Å². The molecule has 0 radical (unpaired) electrons. The van der Waals surface area contributed by atoms with Gasteiger partial charge in [-0.2, -0.15) is 0 Å². The summed E-state index contributed by atoms with van der Waals surface area (Å²) in [5.74, 6) is 0.384. The second-order valence-corrected chi connectivity index (χ2v) is 4.56. The van der Waals surface area contributed by atoms with Gasteiger partial charge in [-0.3, -0.25) is 4.79 Å². The number of aromatic nitrogens is 1. The topological polar surface area (TPSA) is 63.2 Å². The van der Waals surface area contributed by atoms with Gasteiger partial charge in [-0.1, -0.05) is 11.6 Å². The van der Waals surface area contributed by atoms with Crippen LogP contribution >= 0.6 is 11.6 Å². The smallest absolute Gasteiger partial charge is 0.252 e. The SMILES string of the molecule is CNc1ncc(C(=O)NCC2CCCO2)cc1Cl. The molecule has 0 saturated carbocycles. The van der Waals surface area contributed by atoms with Gasteiger partial charge in [0.2, 0.25) is 0 Å². The van der Waals surface area contributed by atoms with Crippen LogP contribution in [0.2, 0.25) is 5.02 Å². The van der Waals surface area contributed by atoms with Crippen LogP contribution in [0, 0.1) is 0 Å². The Morgan fingerprint density at radius 1 is 1.67 bits per heavy atom. The molecular weight excluding hydrogens is 254 g/mol. The van der Waals surface area contributed by atoms with Gasteiger partial charge < -0.3 is 15.4 Å². The van der Waals surface area contributed by atoms with Crippen molar-refractivity contribution >= 4 is 23.3 Å². The number of amides is 1. The van der Waals surface area contributed by atoms with Gasteiger partial charge in [0.1, 0.15) is 5.82 Å². The summed E-state index contributed by atoms with van der Waals surface area (Å²) in [4.78, 5) is 15.9. The standard InChI is InChI=1S/C12H16ClN3O2/c1-14-11-10(13)5-8(6-15-11)12(17)16-7-9-3-2-4-18-9/h5-6,9H,2-4,7H2,1H3,(H,14,15)(H,16,17). The highest BCUT2D eigenvalue weighted by atomic mass is 35.5. The number of rotatable bonds is 4. The molecule has 5 nitrogen and oxygen atoms in total. The maximum atomic E-state index is 11.9. The molecule has 1 saturated heterocycles. The van der Waals surface area contributed by atoms with E-state index >= 15 is 0 Å². The van der Waals surface area contributed by atoms with Crippen LogP contribution in [0.25, 0.3) is 0 Å². The molecule has 0 aromatic carbocycles. The van der Waals surface area contributed by atoms with E-state index in [0.717, 1.165) is 19.4 Å². The number of hydrogen-bond acceptors (Lipinski definition) is 4. The minimum absolute atomic E-state index is 0.133. The summed E-state index contributed by atoms with van der Waals surface area (Å²) in [7, 11) is 1.73. The lowest BCUT2D eigenvalue weighted by Crippen LogP contribution is -2.31. The van der Waals surface area contributed by atoms with E-state index in [4.69, 9.17) is 16.3 Å². The first-order valence-electron chi connectivity index (χ1n) is 5.94. The summed E-state index contributed by atoms with van der Waals surface area (Å²) < 4.78 is 5.43. The Morgan fingerprint density at radius 2 is 2.50 bits per heavy atom. The number of nitrogens with one attached hydrogen (secondary N) is 2. The molecule has 1 aliphatic heterocycles. The zero-order valence-electron chi connectivity index (χ0n) is 10.2. The average Bonchev–Trinajstić information content (AvgIpc) is 2.89.